The first-order chi connectivity index (χ1) is 12.1. The minimum absolute atomic E-state index is 0.153. The molecule has 2 bridgehead atoms. The summed E-state index contributed by atoms with van der Waals surface area (Å²) in [5.74, 6) is 0.912. The van der Waals surface area contributed by atoms with Crippen LogP contribution < -0.4 is 0 Å². The smallest absolute Gasteiger partial charge is 0.226 e. The SMILES string of the molecule is CN(C)C(=O)[C@H]1CN2CC[C@@H]1C[C@@H]2Cn1cc(-c2ccccn2)nn1. The zero-order valence-corrected chi connectivity index (χ0v) is 14.7. The number of carbonyl (C=O) groups is 1. The van der Waals surface area contributed by atoms with Crippen molar-refractivity contribution in [1.82, 2.24) is 29.8 Å². The van der Waals surface area contributed by atoms with Crippen LogP contribution in [0.15, 0.2) is 30.6 Å². The molecule has 0 aliphatic carbocycles. The number of pyridine rings is 1. The van der Waals surface area contributed by atoms with Gasteiger partial charge in [-0.05, 0) is 37.4 Å². The summed E-state index contributed by atoms with van der Waals surface area (Å²) < 4.78 is 1.91. The van der Waals surface area contributed by atoms with Crippen molar-refractivity contribution in [3.8, 4) is 11.4 Å². The molecule has 7 heteroatoms. The number of amides is 1. The molecule has 0 aromatic carbocycles. The molecule has 3 aliphatic heterocycles. The highest BCUT2D eigenvalue weighted by molar-refractivity contribution is 5.79. The zero-order valence-electron chi connectivity index (χ0n) is 14.7. The highest BCUT2D eigenvalue weighted by atomic mass is 16.2. The number of nitrogens with zero attached hydrogens (tertiary/aromatic N) is 6. The predicted octanol–water partition coefficient (Wildman–Crippen LogP) is 1.14. The van der Waals surface area contributed by atoms with Gasteiger partial charge in [0, 0.05) is 32.9 Å². The van der Waals surface area contributed by atoms with Crippen LogP contribution in [0.2, 0.25) is 0 Å². The van der Waals surface area contributed by atoms with Crippen LogP contribution in [0.3, 0.4) is 0 Å². The molecule has 7 nitrogen and oxygen atoms in total. The molecule has 25 heavy (non-hydrogen) atoms. The van der Waals surface area contributed by atoms with Crippen molar-refractivity contribution in [3.05, 3.63) is 30.6 Å². The Morgan fingerprint density at radius 1 is 1.32 bits per heavy atom. The van der Waals surface area contributed by atoms with E-state index < -0.39 is 0 Å². The van der Waals surface area contributed by atoms with E-state index in [-0.39, 0.29) is 11.8 Å². The highest BCUT2D eigenvalue weighted by Crippen LogP contribution is 2.37. The molecular weight excluding hydrogens is 316 g/mol. The third-order valence-corrected chi connectivity index (χ3v) is 5.50. The Morgan fingerprint density at radius 3 is 2.88 bits per heavy atom. The van der Waals surface area contributed by atoms with E-state index in [0.717, 1.165) is 43.9 Å². The lowest BCUT2D eigenvalue weighted by molar-refractivity contribution is -0.141. The van der Waals surface area contributed by atoms with E-state index in [1.54, 1.807) is 11.1 Å². The van der Waals surface area contributed by atoms with Crippen LogP contribution >= 0.6 is 0 Å². The van der Waals surface area contributed by atoms with Crippen LogP contribution in [0.25, 0.3) is 11.4 Å². The Kier molecular flexibility index (Phi) is 4.25. The Hall–Kier alpha value is -2.28. The van der Waals surface area contributed by atoms with E-state index in [4.69, 9.17) is 0 Å². The van der Waals surface area contributed by atoms with Crippen LogP contribution in [0.4, 0.5) is 0 Å². The molecule has 3 aliphatic rings. The lowest BCUT2D eigenvalue weighted by Gasteiger charge is -2.49. The maximum Gasteiger partial charge on any atom is 0.226 e. The normalized spacial score (nSPS) is 28.1. The van der Waals surface area contributed by atoms with Crippen molar-refractivity contribution in [2.24, 2.45) is 11.8 Å². The van der Waals surface area contributed by atoms with Gasteiger partial charge in [0.1, 0.15) is 5.69 Å². The van der Waals surface area contributed by atoms with E-state index in [1.807, 2.05) is 43.2 Å². The molecule has 132 valence electrons. The molecule has 0 N–H and O–H groups in total. The van der Waals surface area contributed by atoms with Gasteiger partial charge in [0.05, 0.1) is 24.4 Å². The van der Waals surface area contributed by atoms with Crippen molar-refractivity contribution in [2.75, 3.05) is 27.2 Å². The minimum atomic E-state index is 0.153. The molecule has 3 saturated heterocycles. The second-order valence-electron chi connectivity index (χ2n) is 7.31. The van der Waals surface area contributed by atoms with Gasteiger partial charge in [-0.1, -0.05) is 11.3 Å². The van der Waals surface area contributed by atoms with Crippen LogP contribution in [-0.2, 0) is 11.3 Å². The summed E-state index contributed by atoms with van der Waals surface area (Å²) in [5.41, 5.74) is 1.65. The number of piperidine rings is 3. The third-order valence-electron chi connectivity index (χ3n) is 5.50. The molecule has 5 rings (SSSR count). The standard InChI is InChI=1S/C18H24N6O/c1-22(2)18(25)15-11-23-8-6-13(15)9-14(23)10-24-12-17(20-21-24)16-5-3-4-7-19-16/h3-5,7,12-15H,6,8-11H2,1-2H3/t13-,14-,15+/m1/s1. The van der Waals surface area contributed by atoms with Crippen LogP contribution in [0, 0.1) is 11.8 Å². The Bertz CT molecular complexity index is 743. The summed E-state index contributed by atoms with van der Waals surface area (Å²) >= 11 is 0. The molecule has 0 saturated carbocycles. The number of carbonyl (C=O) groups excluding carboxylic acids is 1. The van der Waals surface area contributed by atoms with Gasteiger partial charge in [-0.3, -0.25) is 19.4 Å². The summed E-state index contributed by atoms with van der Waals surface area (Å²) in [6.07, 6.45) is 5.91. The summed E-state index contributed by atoms with van der Waals surface area (Å²) in [6, 6.07) is 6.22. The van der Waals surface area contributed by atoms with Crippen LogP contribution in [0.1, 0.15) is 12.8 Å². The van der Waals surface area contributed by atoms with Crippen molar-refractivity contribution < 1.29 is 4.79 Å². The molecule has 5 heterocycles. The van der Waals surface area contributed by atoms with Gasteiger partial charge in [-0.2, -0.15) is 0 Å². The van der Waals surface area contributed by atoms with Crippen LogP contribution in [-0.4, -0.2) is 68.9 Å². The molecule has 1 amide bonds. The van der Waals surface area contributed by atoms with E-state index in [9.17, 15) is 4.79 Å². The van der Waals surface area contributed by atoms with Gasteiger partial charge in [0.15, 0.2) is 0 Å². The van der Waals surface area contributed by atoms with Gasteiger partial charge in [-0.25, -0.2) is 0 Å². The molecule has 4 atom stereocenters. The summed E-state index contributed by atoms with van der Waals surface area (Å²) in [6.45, 7) is 2.77. The third kappa shape index (κ3) is 3.16. The monoisotopic (exact) mass is 340 g/mol. The van der Waals surface area contributed by atoms with Crippen LogP contribution in [0.5, 0.6) is 0 Å². The van der Waals surface area contributed by atoms with Gasteiger partial charge in [0.25, 0.3) is 0 Å². The predicted molar refractivity (Wildman–Crippen MR) is 93.5 cm³/mol. The molecule has 2 aromatic heterocycles. The van der Waals surface area contributed by atoms with E-state index in [2.05, 4.69) is 20.2 Å². The van der Waals surface area contributed by atoms with Crippen molar-refractivity contribution in [3.63, 3.8) is 0 Å². The maximum atomic E-state index is 12.4. The number of fused-ring (bicyclic) bond motifs is 3. The number of rotatable bonds is 4. The van der Waals surface area contributed by atoms with E-state index in [1.165, 1.54) is 0 Å². The van der Waals surface area contributed by atoms with E-state index in [0.29, 0.717) is 12.0 Å². The minimum Gasteiger partial charge on any atom is -0.349 e. The second-order valence-corrected chi connectivity index (χ2v) is 7.31. The lowest BCUT2D eigenvalue weighted by atomic mass is 9.75. The number of aromatic nitrogens is 4. The lowest BCUT2D eigenvalue weighted by Crippen LogP contribution is -2.57. The van der Waals surface area contributed by atoms with Gasteiger partial charge >= 0.3 is 0 Å². The van der Waals surface area contributed by atoms with Gasteiger partial charge in [-0.15, -0.1) is 5.10 Å². The van der Waals surface area contributed by atoms with Gasteiger partial charge in [0.2, 0.25) is 5.91 Å². The quantitative estimate of drug-likeness (QED) is 0.835. The first kappa shape index (κ1) is 16.2. The first-order valence-corrected chi connectivity index (χ1v) is 8.88. The van der Waals surface area contributed by atoms with Crippen molar-refractivity contribution in [2.45, 2.75) is 25.4 Å². The van der Waals surface area contributed by atoms with Gasteiger partial charge < -0.3 is 4.90 Å². The highest BCUT2D eigenvalue weighted by Gasteiger charge is 2.43. The average molecular weight is 340 g/mol. The Labute approximate surface area is 147 Å². The summed E-state index contributed by atoms with van der Waals surface area (Å²) in [5, 5.41) is 8.53. The fourth-order valence-electron chi connectivity index (χ4n) is 4.17. The first-order valence-electron chi connectivity index (χ1n) is 8.88. The molecule has 2 aromatic rings. The molecule has 0 spiro atoms. The fraction of sp³-hybridized carbons (Fsp3) is 0.556. The molecule has 0 radical (unpaired) electrons. The largest absolute Gasteiger partial charge is 0.349 e. The maximum absolute atomic E-state index is 12.4. The second kappa shape index (κ2) is 6.55. The fourth-order valence-corrected chi connectivity index (χ4v) is 4.17. The Balaban J connectivity index is 1.43. The van der Waals surface area contributed by atoms with Crippen molar-refractivity contribution in [1.29, 1.82) is 0 Å². The number of hydrogen-bond acceptors (Lipinski definition) is 5. The molecule has 1 unspecified atom stereocenters. The van der Waals surface area contributed by atoms with Crippen molar-refractivity contribution >= 4 is 5.91 Å². The number of hydrogen-bond donors (Lipinski definition) is 0. The summed E-state index contributed by atoms with van der Waals surface area (Å²) in [7, 11) is 3.71. The average Bonchev–Trinajstić information content (AvgIpc) is 3.11. The summed E-state index contributed by atoms with van der Waals surface area (Å²) in [4.78, 5) is 20.9. The topological polar surface area (TPSA) is 67.2 Å². The molecular formula is C18H24N6O. The Morgan fingerprint density at radius 2 is 2.20 bits per heavy atom. The van der Waals surface area contributed by atoms with E-state index >= 15 is 0 Å². The zero-order chi connectivity index (χ0) is 17.4. The molecule has 3 fully saturated rings.